The van der Waals surface area contributed by atoms with E-state index in [1.807, 2.05) is 0 Å². The molecule has 0 aliphatic carbocycles. The minimum atomic E-state index is -5.04. The predicted octanol–water partition coefficient (Wildman–Crippen LogP) is -6.07. The van der Waals surface area contributed by atoms with Gasteiger partial charge in [-0.05, 0) is 78.6 Å². The Labute approximate surface area is 834 Å². The molecule has 15 amide bonds. The van der Waals surface area contributed by atoms with Crippen molar-refractivity contribution in [2.75, 3.05) is 71.8 Å². The highest BCUT2D eigenvalue weighted by Crippen LogP contribution is 2.28. The standard InChI is InChI=1S/C87H119N19O31S6/c1-46(88)74(119)101-64-41-139-28-31-142(134,135)105-43-104-44-106(45-105)143(136,137)32-29-140-42-65(102-76(121)48(3)91-79(124)60(35-52-17-12-16-51-15-10-11-18-55(51)52)98-77(122)56(23-25-68(110)111)93-82(127)61(37-67(89)109)95-75(120)47(2)92-85(64)130)86(131)94-57(24-26-69(112)113)78(123)99-62(38-70(114)115)83(128)97-58(33-49-13-8-7-9-14-49)80(125)96-59(34-50-19-21-54(107)22-20-50)81(126)100-63(39-71(116)117)84(129)103-72(87(4,5)6)66(108)36-53(73(90)118)40-138-27-30-141(104,132)133/h7-22,46-48,53,56-65,72,107H,23-45,88H2,1-6H3,(H2,89,109)(H2,90,118)(H,91,124)(H,92,130)(H,93,127)(H,94,131)(H,95,120)(H,96,125)(H,97,128)(H,98,122)(H,99,123)(H,100,126)(H,101,119)(H,102,121)(H,103,129)(H,110,111)(H,112,113)(H,114,115)(H,116,117)/t46-,47+,48+,53-,56-,57-,58-,59-,60-,61-,62-,63-,64-,65+,72+/m0/s1. The highest BCUT2D eigenvalue weighted by atomic mass is 32.2. The van der Waals surface area contributed by atoms with E-state index in [0.29, 0.717) is 64.5 Å². The molecule has 3 aliphatic heterocycles. The molecule has 784 valence electrons. The van der Waals surface area contributed by atoms with Gasteiger partial charge in [0.15, 0.2) is 5.78 Å². The minimum Gasteiger partial charge on any atom is -0.508 e. The van der Waals surface area contributed by atoms with E-state index in [9.17, 15) is 132 Å². The molecular weight excluding hydrogens is 2000 g/mol. The molecule has 24 N–H and O–H groups in total. The number of phenols is 1. The number of carbonyl (C=O) groups excluding carboxylic acids is 16. The van der Waals surface area contributed by atoms with Gasteiger partial charge in [-0.15, -0.1) is 0 Å². The SMILES string of the molecule is C[C@H](N)C(=O)N[C@H]1CSCCS(=O)(=O)N2CN3CN(C2)S(=O)(=O)CCSC[C@@H](NC(=O)[C@@H](C)NC(=O)[C@H](Cc2cccc4ccccc24)NC(=O)[C@H](CCC(=O)O)NC(=O)[C@H](CC(N)=O)NC(=O)[C@@H](C)NC1=O)C(=O)N[C@@H](CCC(=O)O)C(=O)N[C@@H](CC(=O)O)C(=O)N[C@@H](Cc1ccccc1)C(=O)N[C@@H](Cc1ccc(O)cc1)C(=O)N[C@@H](CC(=O)O)C(=O)N[C@@H](C(C)(C)C)C(=O)C[C@H](C(N)=O)CSCCS3(=O)=O. The van der Waals surface area contributed by atoms with E-state index in [2.05, 4.69) is 69.1 Å². The summed E-state index contributed by atoms with van der Waals surface area (Å²) in [6, 6.07) is -3.01. The summed E-state index contributed by atoms with van der Waals surface area (Å²) in [4.78, 5) is 281. The lowest BCUT2D eigenvalue weighted by molar-refractivity contribution is -0.142. The lowest BCUT2D eigenvalue weighted by atomic mass is 9.81. The van der Waals surface area contributed by atoms with E-state index in [4.69, 9.17) is 17.2 Å². The molecule has 3 aliphatic rings. The number of fused-ring (bicyclic) bond motifs is 8. The Bertz CT molecular complexity index is 5720. The molecule has 4 aromatic carbocycles. The summed E-state index contributed by atoms with van der Waals surface area (Å²) in [5, 5.41) is 82.3. The molecule has 3 unspecified atom stereocenters. The second-order valence-electron chi connectivity index (χ2n) is 35.0. The Morgan fingerprint density at radius 1 is 0.434 bits per heavy atom. The molecule has 3 saturated heterocycles. The van der Waals surface area contributed by atoms with Crippen molar-refractivity contribution in [1.29, 1.82) is 0 Å². The molecule has 0 saturated carbocycles. The lowest BCUT2D eigenvalue weighted by Gasteiger charge is -2.40. The Kier molecular flexibility index (Phi) is 44.4. The van der Waals surface area contributed by atoms with Crippen LogP contribution in [0.3, 0.4) is 0 Å². The van der Waals surface area contributed by atoms with Crippen LogP contribution in [-0.4, -0.2) is 338 Å². The largest absolute Gasteiger partial charge is 0.508 e. The second kappa shape index (κ2) is 54.1. The molecule has 4 bridgehead atoms. The molecule has 0 aromatic heterocycles. The van der Waals surface area contributed by atoms with Crippen LogP contribution < -0.4 is 86.3 Å². The van der Waals surface area contributed by atoms with Crippen molar-refractivity contribution in [1.82, 2.24) is 82.0 Å². The van der Waals surface area contributed by atoms with Gasteiger partial charge in [-0.2, -0.15) is 48.2 Å². The van der Waals surface area contributed by atoms with Crippen LogP contribution in [0.4, 0.5) is 0 Å². The number of thioether (sulfide) groups is 3. The van der Waals surface area contributed by atoms with Gasteiger partial charge in [0.25, 0.3) is 0 Å². The number of sulfonamides is 3. The first-order chi connectivity index (χ1) is 67.0. The zero-order valence-corrected chi connectivity index (χ0v) is 83.4. The maximum atomic E-state index is 15.3. The van der Waals surface area contributed by atoms with E-state index in [-0.39, 0.29) is 16.9 Å². The van der Waals surface area contributed by atoms with Crippen LogP contribution in [0.2, 0.25) is 0 Å². The summed E-state index contributed by atoms with van der Waals surface area (Å²) in [6.07, 6.45) is -9.70. The van der Waals surface area contributed by atoms with Crippen LogP contribution in [0, 0.1) is 11.3 Å². The average molecular weight is 2120 g/mol. The smallest absolute Gasteiger partial charge is 0.305 e. The number of Topliss-reactive ketones (excluding diaryl/α,β-unsaturated/α-hetero) is 1. The number of hydrogen-bond acceptors (Lipinski definition) is 31. The fourth-order valence-corrected chi connectivity index (χ4v) is 23.4. The number of amides is 15. The number of aliphatic carboxylic acids is 4. The first-order valence-corrected chi connectivity index (χ1v) is 52.9. The Hall–Kier alpha value is -12.7. The molecule has 0 spiro atoms. The summed E-state index contributed by atoms with van der Waals surface area (Å²) in [5.74, 6) is -35.6. The fourth-order valence-electron chi connectivity index (χ4n) is 14.5. The van der Waals surface area contributed by atoms with Crippen molar-refractivity contribution in [2.45, 2.75) is 197 Å². The second-order valence-corrected chi connectivity index (χ2v) is 44.7. The van der Waals surface area contributed by atoms with Gasteiger partial charge in [0.05, 0.1) is 74.5 Å². The van der Waals surface area contributed by atoms with Crippen molar-refractivity contribution in [2.24, 2.45) is 28.5 Å². The van der Waals surface area contributed by atoms with Crippen LogP contribution in [0.25, 0.3) is 10.8 Å². The van der Waals surface area contributed by atoms with Gasteiger partial charge < -0.3 is 112 Å². The number of carboxylic acids is 4. The van der Waals surface area contributed by atoms with Gasteiger partial charge in [-0.25, -0.2) is 25.3 Å². The number of nitrogens with zero attached hydrogens (tertiary/aromatic N) is 3. The van der Waals surface area contributed by atoms with Crippen molar-refractivity contribution in [3.05, 3.63) is 114 Å². The molecule has 3 heterocycles. The van der Waals surface area contributed by atoms with Crippen LogP contribution >= 0.6 is 35.3 Å². The number of nitrogens with one attached hydrogen (secondary N) is 13. The Morgan fingerprint density at radius 2 is 0.818 bits per heavy atom. The normalized spacial score (nSPS) is 26.9. The third-order valence-electron chi connectivity index (χ3n) is 22.5. The molecule has 56 heteroatoms. The number of phenolic OH excluding ortho intramolecular Hbond substituents is 1. The average Bonchev–Trinajstić information content (AvgIpc) is 0.773. The number of aromatic hydroxyl groups is 1. The number of primary amides is 2. The van der Waals surface area contributed by atoms with Crippen molar-refractivity contribution in [3.8, 4) is 5.75 Å². The maximum absolute atomic E-state index is 15.3. The first kappa shape index (κ1) is 117. The van der Waals surface area contributed by atoms with Crippen LogP contribution in [0.1, 0.15) is 110 Å². The third-order valence-corrected chi connectivity index (χ3v) is 31.7. The summed E-state index contributed by atoms with van der Waals surface area (Å²) in [5.41, 5.74) is 16.7. The summed E-state index contributed by atoms with van der Waals surface area (Å²) >= 11 is 1.88. The zero-order chi connectivity index (χ0) is 106. The molecule has 4 aromatic rings. The van der Waals surface area contributed by atoms with Crippen molar-refractivity contribution in [3.63, 3.8) is 0 Å². The monoisotopic (exact) mass is 2120 g/mol. The van der Waals surface area contributed by atoms with Crippen LogP contribution in [-0.2, 0) is 145 Å². The van der Waals surface area contributed by atoms with Crippen LogP contribution in [0.5, 0.6) is 5.75 Å². The third kappa shape index (κ3) is 37.5. The zero-order valence-electron chi connectivity index (χ0n) is 78.5. The first-order valence-electron chi connectivity index (χ1n) is 44.6. The van der Waals surface area contributed by atoms with Gasteiger partial charge in [-0.3, -0.25) is 95.9 Å². The number of carboxylic acid groups (broad SMARTS) is 4. The van der Waals surface area contributed by atoms with Crippen molar-refractivity contribution >= 4 is 194 Å². The number of benzene rings is 4. The van der Waals surface area contributed by atoms with Gasteiger partial charge in [0, 0.05) is 73.0 Å². The molecule has 143 heavy (non-hydrogen) atoms. The Balaban J connectivity index is 1.39. The molecular formula is C87H119N19O31S6. The summed E-state index contributed by atoms with van der Waals surface area (Å²) in [6.45, 7) is 4.30. The number of nitrogens with two attached hydrogens (primary N) is 3. The predicted molar refractivity (Wildman–Crippen MR) is 517 cm³/mol. The van der Waals surface area contributed by atoms with E-state index in [0.717, 1.165) is 13.8 Å². The molecule has 50 nitrogen and oxygen atoms in total. The quantitative estimate of drug-likeness (QED) is 0.0369. The van der Waals surface area contributed by atoms with E-state index < -0.39 is 387 Å². The summed E-state index contributed by atoms with van der Waals surface area (Å²) < 4.78 is 90.5. The highest BCUT2D eigenvalue weighted by molar-refractivity contribution is 8.01. The minimum absolute atomic E-state index is 0.176. The van der Waals surface area contributed by atoms with Gasteiger partial charge >= 0.3 is 23.9 Å². The van der Waals surface area contributed by atoms with E-state index >= 15 is 14.4 Å². The molecule has 18 atom stereocenters. The van der Waals surface area contributed by atoms with Gasteiger partial charge in [0.1, 0.15) is 78.3 Å². The van der Waals surface area contributed by atoms with Crippen LogP contribution in [0.15, 0.2) is 97.1 Å². The van der Waals surface area contributed by atoms with E-state index in [1.54, 1.807) is 42.5 Å². The maximum Gasteiger partial charge on any atom is 0.305 e. The number of rotatable bonds is 21. The molecule has 0 radical (unpaired) electrons. The molecule has 7 rings (SSSR count). The van der Waals surface area contributed by atoms with E-state index in [1.165, 1.54) is 82.3 Å². The van der Waals surface area contributed by atoms with Crippen molar-refractivity contribution < 1.29 is 147 Å². The van der Waals surface area contributed by atoms with Gasteiger partial charge in [0.2, 0.25) is 119 Å². The Morgan fingerprint density at radius 3 is 1.29 bits per heavy atom. The summed E-state index contributed by atoms with van der Waals surface area (Å²) in [7, 11) is -14.9. The topological polar surface area (TPSA) is 789 Å². The lowest BCUT2D eigenvalue weighted by Crippen LogP contribution is -2.61. The highest BCUT2D eigenvalue weighted by Gasteiger charge is 2.45. The number of hydrogen-bond donors (Lipinski definition) is 21. The number of carbonyl (C=O) groups is 20. The number of ketones is 1. The fraction of sp³-hybridized carbons (Fsp3) is 0.517. The van der Waals surface area contributed by atoms with Gasteiger partial charge in [-0.1, -0.05) is 106 Å². The molecule has 3 fully saturated rings.